The molecule has 0 radical (unpaired) electrons. The quantitative estimate of drug-likeness (QED) is 0.791. The Balaban J connectivity index is 1.62. The van der Waals surface area contributed by atoms with Gasteiger partial charge >= 0.3 is 0 Å². The third-order valence-electron chi connectivity index (χ3n) is 3.47. The number of thiophene rings is 1. The van der Waals surface area contributed by atoms with Crippen LogP contribution in [0.5, 0.6) is 0 Å². The number of ether oxygens (including phenoxy) is 1. The predicted octanol–water partition coefficient (Wildman–Crippen LogP) is 1.90. The van der Waals surface area contributed by atoms with Crippen molar-refractivity contribution in [3.63, 3.8) is 0 Å². The molecule has 0 saturated carbocycles. The number of hydrogen-bond acceptors (Lipinski definition) is 7. The van der Waals surface area contributed by atoms with Gasteiger partial charge in [0.05, 0.1) is 17.2 Å². The zero-order chi connectivity index (χ0) is 16.4. The number of halogens is 1. The molecule has 2 aromatic heterocycles. The largest absolute Gasteiger partial charge is 0.422 e. The Labute approximate surface area is 143 Å². The summed E-state index contributed by atoms with van der Waals surface area (Å²) >= 11 is 7.42. The highest BCUT2D eigenvalue weighted by Crippen LogP contribution is 2.24. The molecule has 23 heavy (non-hydrogen) atoms. The summed E-state index contributed by atoms with van der Waals surface area (Å²) in [4.78, 5) is 1.15. The van der Waals surface area contributed by atoms with Crippen molar-refractivity contribution in [2.24, 2.45) is 0 Å². The van der Waals surface area contributed by atoms with Crippen molar-refractivity contribution in [3.8, 4) is 0 Å². The minimum Gasteiger partial charge on any atom is -0.422 e. The maximum atomic E-state index is 11.6. The normalized spacial score (nSPS) is 20.0. The van der Waals surface area contributed by atoms with Crippen LogP contribution in [0.3, 0.4) is 0 Å². The molecule has 1 atom stereocenters. The van der Waals surface area contributed by atoms with E-state index in [0.29, 0.717) is 31.4 Å². The Hall–Kier alpha value is -1.00. The Morgan fingerprint density at radius 1 is 1.39 bits per heavy atom. The van der Waals surface area contributed by atoms with Gasteiger partial charge in [-0.05, 0) is 18.6 Å². The molecule has 0 aliphatic carbocycles. The fourth-order valence-electron chi connectivity index (χ4n) is 2.29. The molecular formula is C13H16ClN3O4S2. The van der Waals surface area contributed by atoms with Gasteiger partial charge in [-0.2, -0.15) is 4.31 Å². The van der Waals surface area contributed by atoms with Gasteiger partial charge < -0.3 is 9.15 Å². The first-order valence-corrected chi connectivity index (χ1v) is 10.1. The first-order chi connectivity index (χ1) is 10.9. The van der Waals surface area contributed by atoms with E-state index in [0.717, 1.165) is 15.6 Å². The van der Waals surface area contributed by atoms with Gasteiger partial charge in [-0.25, -0.2) is 8.42 Å². The van der Waals surface area contributed by atoms with Gasteiger partial charge in [-0.3, -0.25) is 0 Å². The predicted molar refractivity (Wildman–Crippen MR) is 86.1 cm³/mol. The zero-order valence-corrected chi connectivity index (χ0v) is 14.8. The lowest BCUT2D eigenvalue weighted by atomic mass is 10.3. The van der Waals surface area contributed by atoms with E-state index in [9.17, 15) is 8.42 Å². The molecule has 0 aromatic carbocycles. The van der Waals surface area contributed by atoms with E-state index in [4.69, 9.17) is 20.8 Å². The number of nitrogens with zero attached hydrogens (tertiary/aromatic N) is 3. The van der Waals surface area contributed by atoms with Crippen LogP contribution >= 0.6 is 22.9 Å². The summed E-state index contributed by atoms with van der Waals surface area (Å²) in [5.74, 6) is 0.821. The van der Waals surface area contributed by atoms with Gasteiger partial charge in [0.25, 0.3) is 0 Å². The third kappa shape index (κ3) is 4.30. The molecule has 126 valence electrons. The van der Waals surface area contributed by atoms with E-state index < -0.39 is 16.1 Å². The topological polar surface area (TPSA) is 85.5 Å². The van der Waals surface area contributed by atoms with Gasteiger partial charge in [0.1, 0.15) is 6.10 Å². The number of rotatable bonds is 5. The van der Waals surface area contributed by atoms with Gasteiger partial charge in [0.15, 0.2) is 0 Å². The maximum absolute atomic E-state index is 11.6. The lowest BCUT2D eigenvalue weighted by molar-refractivity contribution is -0.0176. The van der Waals surface area contributed by atoms with Crippen LogP contribution in [-0.4, -0.2) is 48.9 Å². The van der Waals surface area contributed by atoms with Crippen molar-refractivity contribution in [2.75, 3.05) is 26.0 Å². The summed E-state index contributed by atoms with van der Waals surface area (Å²) < 4.78 is 36.5. The summed E-state index contributed by atoms with van der Waals surface area (Å²) in [7, 11) is -3.25. The highest BCUT2D eigenvalue weighted by molar-refractivity contribution is 7.88. The molecule has 0 bridgehead atoms. The van der Waals surface area contributed by atoms with E-state index in [-0.39, 0.29) is 6.54 Å². The molecular weight excluding hydrogens is 362 g/mol. The van der Waals surface area contributed by atoms with Gasteiger partial charge in [0, 0.05) is 24.4 Å². The van der Waals surface area contributed by atoms with Crippen molar-refractivity contribution in [2.45, 2.75) is 18.9 Å². The summed E-state index contributed by atoms with van der Waals surface area (Å²) in [6, 6.07) is 3.83. The second-order valence-electron chi connectivity index (χ2n) is 5.22. The van der Waals surface area contributed by atoms with Gasteiger partial charge in [0.2, 0.25) is 21.8 Å². The minimum absolute atomic E-state index is 0.195. The highest BCUT2D eigenvalue weighted by atomic mass is 35.5. The number of aromatic nitrogens is 2. The fraction of sp³-hybridized carbons (Fsp3) is 0.538. The fourth-order valence-corrected chi connectivity index (χ4v) is 4.19. The van der Waals surface area contributed by atoms with E-state index in [2.05, 4.69) is 10.2 Å². The van der Waals surface area contributed by atoms with Crippen molar-refractivity contribution in [3.05, 3.63) is 33.1 Å². The number of hydrogen-bond donors (Lipinski definition) is 0. The van der Waals surface area contributed by atoms with Crippen LogP contribution in [0.4, 0.5) is 0 Å². The molecule has 1 saturated heterocycles. The number of sulfonamides is 1. The lowest BCUT2D eigenvalue weighted by Crippen LogP contribution is -2.41. The molecule has 2 aromatic rings. The van der Waals surface area contributed by atoms with Crippen LogP contribution in [0.1, 0.15) is 22.8 Å². The molecule has 3 rings (SSSR count). The van der Waals surface area contributed by atoms with E-state index in [1.54, 1.807) is 0 Å². The second kappa shape index (κ2) is 6.86. The Morgan fingerprint density at radius 3 is 2.91 bits per heavy atom. The smallest absolute Gasteiger partial charge is 0.246 e. The summed E-state index contributed by atoms with van der Waals surface area (Å²) in [6.45, 7) is 0.847. The van der Waals surface area contributed by atoms with Gasteiger partial charge in [-0.15, -0.1) is 21.5 Å². The van der Waals surface area contributed by atoms with Crippen molar-refractivity contribution in [1.29, 1.82) is 0 Å². The van der Waals surface area contributed by atoms with Crippen LogP contribution < -0.4 is 0 Å². The van der Waals surface area contributed by atoms with Crippen LogP contribution in [0.25, 0.3) is 0 Å². The number of morpholine rings is 1. The van der Waals surface area contributed by atoms with E-state index in [1.165, 1.54) is 21.9 Å². The average molecular weight is 378 g/mol. The third-order valence-corrected chi connectivity index (χ3v) is 6.03. The minimum atomic E-state index is -3.25. The first kappa shape index (κ1) is 16.8. The first-order valence-electron chi connectivity index (χ1n) is 7.05. The monoisotopic (exact) mass is 377 g/mol. The van der Waals surface area contributed by atoms with Crippen molar-refractivity contribution >= 4 is 33.0 Å². The highest BCUT2D eigenvalue weighted by Gasteiger charge is 2.30. The molecule has 1 fully saturated rings. The standard InChI is InChI=1S/C13H16ClN3O4S2/c1-23(18,19)17-6-7-20-10(8-17)13-16-15-12(21-13)5-3-9-2-4-11(14)22-9/h2,4,10H,3,5-8H2,1H3. The maximum Gasteiger partial charge on any atom is 0.246 e. The molecule has 0 amide bonds. The molecule has 3 heterocycles. The molecule has 0 N–H and O–H groups in total. The Bertz CT molecular complexity index is 774. The molecule has 10 heteroatoms. The Morgan fingerprint density at radius 2 is 2.22 bits per heavy atom. The van der Waals surface area contributed by atoms with Crippen LogP contribution in [0, 0.1) is 0 Å². The number of aryl methyl sites for hydroxylation is 2. The molecule has 1 aliphatic heterocycles. The molecule has 0 spiro atoms. The van der Waals surface area contributed by atoms with E-state index in [1.807, 2.05) is 12.1 Å². The van der Waals surface area contributed by atoms with Gasteiger partial charge in [-0.1, -0.05) is 11.6 Å². The molecule has 7 nitrogen and oxygen atoms in total. The van der Waals surface area contributed by atoms with Crippen molar-refractivity contribution < 1.29 is 17.6 Å². The average Bonchev–Trinajstić information content (AvgIpc) is 3.13. The van der Waals surface area contributed by atoms with Crippen LogP contribution in [0.15, 0.2) is 16.5 Å². The second-order valence-corrected chi connectivity index (χ2v) is 9.00. The lowest BCUT2D eigenvalue weighted by Gasteiger charge is -2.29. The van der Waals surface area contributed by atoms with Crippen molar-refractivity contribution in [1.82, 2.24) is 14.5 Å². The Kier molecular flexibility index (Phi) is 5.02. The van der Waals surface area contributed by atoms with Crippen LogP contribution in [0.2, 0.25) is 4.34 Å². The molecule has 1 aliphatic rings. The summed E-state index contributed by atoms with van der Waals surface area (Å²) in [5.41, 5.74) is 0. The van der Waals surface area contributed by atoms with E-state index >= 15 is 0 Å². The summed E-state index contributed by atoms with van der Waals surface area (Å²) in [6.07, 6.45) is 2.03. The molecule has 1 unspecified atom stereocenters. The van der Waals surface area contributed by atoms with Crippen LogP contribution in [-0.2, 0) is 27.6 Å². The summed E-state index contributed by atoms with van der Waals surface area (Å²) in [5, 5.41) is 8.00. The zero-order valence-electron chi connectivity index (χ0n) is 12.4. The SMILES string of the molecule is CS(=O)(=O)N1CCOC(c2nnc(CCc3ccc(Cl)s3)o2)C1.